The Hall–Kier alpha value is -5.09. The third-order valence-corrected chi connectivity index (χ3v) is 15.5. The summed E-state index contributed by atoms with van der Waals surface area (Å²) in [5.74, 6) is -0.873. The molecule has 1 spiro atoms. The normalized spacial score (nSPS) is 15.5. The zero-order chi connectivity index (χ0) is 54.1. The van der Waals surface area contributed by atoms with Gasteiger partial charge in [0.25, 0.3) is 0 Å². The molecule has 0 bridgehead atoms. The Kier molecular flexibility index (Phi) is 26.3. The first-order valence-electron chi connectivity index (χ1n) is 22.2. The van der Waals surface area contributed by atoms with Crippen molar-refractivity contribution in [3.05, 3.63) is 112 Å². The van der Waals surface area contributed by atoms with Crippen LogP contribution in [0.2, 0.25) is 0 Å². The molecule has 0 amide bonds. The number of esters is 2. The number of aryl methyl sites for hydroxylation is 1. The summed E-state index contributed by atoms with van der Waals surface area (Å²) in [6.07, 6.45) is 12.6. The van der Waals surface area contributed by atoms with Crippen molar-refractivity contribution < 1.29 is 93.2 Å². The van der Waals surface area contributed by atoms with E-state index in [1.807, 2.05) is 17.6 Å². The van der Waals surface area contributed by atoms with Crippen LogP contribution in [0.5, 0.6) is 28.7 Å². The number of pyridine rings is 1. The van der Waals surface area contributed by atoms with E-state index >= 15 is 0 Å². The third kappa shape index (κ3) is 19.6. The van der Waals surface area contributed by atoms with Crippen LogP contribution in [0, 0.1) is 0 Å². The first-order chi connectivity index (χ1) is 35.5. The SMILES string of the molecule is COC(=O)c1sccc1O.COC(=O)c1sccc1OC(F)F.FC(F)Oc1ccsc1CCCCC1(c2ccccn2)CCOC2(CCCC2)C1.OCc1sccc1OC(F)F.OCc1sccc1OC(F)F. The number of hydrogen-bond donors (Lipinski definition) is 3. The Morgan fingerprint density at radius 3 is 1.58 bits per heavy atom. The fourth-order valence-corrected chi connectivity index (χ4v) is 11.4. The van der Waals surface area contributed by atoms with Gasteiger partial charge in [0, 0.05) is 28.8 Å². The van der Waals surface area contributed by atoms with E-state index in [1.54, 1.807) is 22.2 Å². The van der Waals surface area contributed by atoms with Crippen molar-refractivity contribution in [1.29, 1.82) is 0 Å². The van der Waals surface area contributed by atoms with Crippen LogP contribution in [0.1, 0.15) is 97.5 Å². The van der Waals surface area contributed by atoms with Gasteiger partial charge in [0.1, 0.15) is 23.0 Å². The van der Waals surface area contributed by atoms with Crippen LogP contribution in [0.15, 0.2) is 81.6 Å². The largest absolute Gasteiger partial charge is 0.506 e. The van der Waals surface area contributed by atoms with E-state index < -0.39 is 38.4 Å². The molecule has 408 valence electrons. The number of carbonyl (C=O) groups is 2. The molecule has 1 unspecified atom stereocenters. The van der Waals surface area contributed by atoms with E-state index in [-0.39, 0.29) is 57.0 Å². The highest BCUT2D eigenvalue weighted by atomic mass is 32.1. The van der Waals surface area contributed by atoms with Crippen molar-refractivity contribution in [2.24, 2.45) is 0 Å². The number of aliphatic hydroxyl groups excluding tert-OH is 2. The van der Waals surface area contributed by atoms with Gasteiger partial charge in [0.05, 0.1) is 42.8 Å². The van der Waals surface area contributed by atoms with Crippen molar-refractivity contribution in [3.8, 4) is 28.7 Å². The molecule has 1 saturated heterocycles. The number of aromatic hydroxyl groups is 1. The first-order valence-corrected chi connectivity index (χ1v) is 26.6. The number of thiophene rings is 5. The molecule has 0 radical (unpaired) electrons. The van der Waals surface area contributed by atoms with Crippen LogP contribution in [0.3, 0.4) is 0 Å². The number of halogens is 8. The minimum Gasteiger partial charge on any atom is -0.506 e. The van der Waals surface area contributed by atoms with Gasteiger partial charge in [-0.3, -0.25) is 4.98 Å². The maximum Gasteiger partial charge on any atom is 0.387 e. The van der Waals surface area contributed by atoms with Gasteiger partial charge in [-0.05, 0) is 114 Å². The molecule has 0 aromatic carbocycles. The molecule has 1 saturated carbocycles. The number of ether oxygens (including phenoxy) is 7. The summed E-state index contributed by atoms with van der Waals surface area (Å²) >= 11 is 6.01. The lowest BCUT2D eigenvalue weighted by Gasteiger charge is -2.46. The zero-order valence-electron chi connectivity index (χ0n) is 39.6. The minimum atomic E-state index is -2.93. The van der Waals surface area contributed by atoms with Crippen LogP contribution < -0.4 is 18.9 Å². The summed E-state index contributed by atoms with van der Waals surface area (Å²) in [5, 5.41) is 34.3. The van der Waals surface area contributed by atoms with Gasteiger partial charge >= 0.3 is 38.4 Å². The summed E-state index contributed by atoms with van der Waals surface area (Å²) in [5.41, 5.74) is 1.27. The van der Waals surface area contributed by atoms with E-state index in [0.29, 0.717) is 15.5 Å². The summed E-state index contributed by atoms with van der Waals surface area (Å²) in [7, 11) is 2.45. The number of hydrogen-bond acceptors (Lipinski definition) is 18. The second-order valence-electron chi connectivity index (χ2n) is 15.6. The summed E-state index contributed by atoms with van der Waals surface area (Å²) in [6.45, 7) is -11.1. The fraction of sp³-hybridized carbons (Fsp3) is 0.438. The number of methoxy groups -OCH3 is 2. The Morgan fingerprint density at radius 1 is 0.622 bits per heavy atom. The van der Waals surface area contributed by atoms with Crippen molar-refractivity contribution >= 4 is 68.6 Å². The van der Waals surface area contributed by atoms with Crippen molar-refractivity contribution in [3.63, 3.8) is 0 Å². The van der Waals surface area contributed by atoms with Crippen molar-refractivity contribution in [2.45, 2.75) is 115 Å². The van der Waals surface area contributed by atoms with Crippen LogP contribution in [-0.2, 0) is 39.3 Å². The van der Waals surface area contributed by atoms with Crippen molar-refractivity contribution in [1.82, 2.24) is 4.98 Å². The van der Waals surface area contributed by atoms with Crippen LogP contribution >= 0.6 is 56.7 Å². The van der Waals surface area contributed by atoms with Gasteiger partial charge in [0.15, 0.2) is 15.5 Å². The van der Waals surface area contributed by atoms with E-state index in [0.717, 1.165) is 85.5 Å². The molecular weight excluding hydrogens is 1090 g/mol. The number of alkyl halides is 8. The molecule has 6 aromatic heterocycles. The number of rotatable bonds is 18. The second-order valence-corrected chi connectivity index (χ2v) is 20.4. The van der Waals surface area contributed by atoms with Gasteiger partial charge in [0.2, 0.25) is 0 Å². The molecular formula is C48H53F8NO12S5. The van der Waals surface area contributed by atoms with Gasteiger partial charge < -0.3 is 48.5 Å². The zero-order valence-corrected chi connectivity index (χ0v) is 43.7. The smallest absolute Gasteiger partial charge is 0.387 e. The standard InChI is InChI=1S/C23H29F2NO2S.C7H6F2O3S.2C6H6F2O2S.C6H6O3S/c24-21(25)28-18-9-16-29-19(18)7-1-3-10-22(20-8-2-6-14-26-20)13-15-27-23(17-22)11-4-5-12-23;1-11-6(10)5-4(2-3-13-5)12-7(8)9;2*7-6(8)10-4-1-2-11-5(4)3-9;1-9-6(8)5-4(7)2-3-10-5/h2,6,8-9,14,16,21H,1,3-5,7,10-13,15,17H2;2-3,7H,1H3;2*1-2,6,9H,3H2;2-3,7H,1H3. The molecule has 1 aliphatic carbocycles. The van der Waals surface area contributed by atoms with E-state index in [2.05, 4.69) is 40.6 Å². The van der Waals surface area contributed by atoms with E-state index in [4.69, 9.17) is 25.0 Å². The predicted octanol–water partition coefficient (Wildman–Crippen LogP) is 13.6. The number of carbonyl (C=O) groups excluding carboxylic acids is 2. The highest BCUT2D eigenvalue weighted by molar-refractivity contribution is 7.12. The maximum absolute atomic E-state index is 12.6. The summed E-state index contributed by atoms with van der Waals surface area (Å²) in [4.78, 5) is 28.5. The molecule has 1 aliphatic heterocycles. The molecule has 1 atom stereocenters. The topological polar surface area (TPSA) is 172 Å². The lowest BCUT2D eigenvalue weighted by molar-refractivity contribution is -0.104. The number of unbranched alkanes of at least 4 members (excludes halogenated alkanes) is 1. The molecule has 2 aliphatic rings. The Bertz CT molecular complexity index is 2470. The van der Waals surface area contributed by atoms with Gasteiger partial charge in [-0.25, -0.2) is 9.59 Å². The predicted molar refractivity (Wildman–Crippen MR) is 264 cm³/mol. The molecule has 2 fully saturated rings. The molecule has 13 nitrogen and oxygen atoms in total. The second kappa shape index (κ2) is 31.7. The lowest BCUT2D eigenvalue weighted by Crippen LogP contribution is -2.46. The average Bonchev–Trinajstić information content (AvgIpc) is 4.27. The highest BCUT2D eigenvalue weighted by Gasteiger charge is 2.48. The Balaban J connectivity index is 0.000000220. The number of nitrogens with zero attached hydrogens (tertiary/aromatic N) is 1. The van der Waals surface area contributed by atoms with Gasteiger partial charge in [-0.1, -0.05) is 25.3 Å². The van der Waals surface area contributed by atoms with Crippen molar-refractivity contribution in [2.75, 3.05) is 20.8 Å². The van der Waals surface area contributed by atoms with Gasteiger partial charge in [-0.15, -0.1) is 56.7 Å². The molecule has 6 aromatic rings. The minimum absolute atomic E-state index is 0.0168. The molecule has 7 heterocycles. The lowest BCUT2D eigenvalue weighted by atomic mass is 9.67. The van der Waals surface area contributed by atoms with Gasteiger partial charge in [-0.2, -0.15) is 35.1 Å². The highest BCUT2D eigenvalue weighted by Crippen LogP contribution is 2.50. The summed E-state index contributed by atoms with van der Waals surface area (Å²) in [6, 6.07) is 13.4. The third-order valence-electron chi connectivity index (χ3n) is 11.0. The molecule has 74 heavy (non-hydrogen) atoms. The fourth-order valence-electron chi connectivity index (χ4n) is 7.82. The van der Waals surface area contributed by atoms with E-state index in [9.17, 15) is 44.7 Å². The van der Waals surface area contributed by atoms with Crippen LogP contribution in [0.25, 0.3) is 0 Å². The molecule has 3 N–H and O–H groups in total. The first kappa shape index (κ1) is 61.5. The Labute approximate surface area is 440 Å². The number of aliphatic hydroxyl groups is 2. The molecule has 26 heteroatoms. The molecule has 8 rings (SSSR count). The number of aromatic nitrogens is 1. The van der Waals surface area contributed by atoms with E-state index in [1.165, 1.54) is 96.4 Å². The van der Waals surface area contributed by atoms with Crippen LogP contribution in [0.4, 0.5) is 35.1 Å². The summed E-state index contributed by atoms with van der Waals surface area (Å²) < 4.78 is 127. The average molecular weight is 1150 g/mol. The van der Waals surface area contributed by atoms with Crippen LogP contribution in [-0.4, -0.2) is 85.1 Å². The quantitative estimate of drug-likeness (QED) is 0.0422. The Morgan fingerprint density at radius 2 is 1.09 bits per heavy atom. The monoisotopic (exact) mass is 1150 g/mol. The maximum atomic E-state index is 12.6.